The van der Waals surface area contributed by atoms with Crippen LogP contribution in [0.3, 0.4) is 0 Å². The van der Waals surface area contributed by atoms with Gasteiger partial charge in [-0.2, -0.15) is 4.65 Å². The molecule has 0 aliphatic heterocycles. The van der Waals surface area contributed by atoms with E-state index in [1.165, 1.54) is 0 Å². The van der Waals surface area contributed by atoms with Crippen LogP contribution < -0.4 is 0 Å². The molecule has 2 nitrogen and oxygen atoms in total. The molecule has 0 unspecified atom stereocenters. The van der Waals surface area contributed by atoms with E-state index < -0.39 is 0 Å². The van der Waals surface area contributed by atoms with Crippen LogP contribution in [0.2, 0.25) is 0 Å². The summed E-state index contributed by atoms with van der Waals surface area (Å²) in [4.78, 5) is 0. The Balaban J connectivity index is 3.92. The van der Waals surface area contributed by atoms with Crippen LogP contribution in [0.1, 0.15) is 6.92 Å². The predicted molar refractivity (Wildman–Crippen MR) is 42.7 cm³/mol. The Morgan fingerprint density at radius 2 is 1.70 bits per heavy atom. The summed E-state index contributed by atoms with van der Waals surface area (Å²) in [6.45, 7) is 10.9. The first kappa shape index (κ1) is 9.40. The first-order chi connectivity index (χ1) is 4.68. The number of quaternary nitrogens is 1. The molecule has 0 radical (unpaired) electrons. The monoisotopic (exact) mass is 142 g/mol. The predicted octanol–water partition coefficient (Wildman–Crippen LogP) is 1.58. The summed E-state index contributed by atoms with van der Waals surface area (Å²) in [5.74, 6) is 0. The van der Waals surface area contributed by atoms with Crippen molar-refractivity contribution in [1.82, 2.24) is 0 Å². The smallest absolute Gasteiger partial charge is 0.127 e. The van der Waals surface area contributed by atoms with E-state index in [1.54, 1.807) is 12.2 Å². The van der Waals surface area contributed by atoms with E-state index in [0.717, 1.165) is 0 Å². The van der Waals surface area contributed by atoms with Gasteiger partial charge >= 0.3 is 0 Å². The Bertz CT molecular complexity index is 110. The maximum Gasteiger partial charge on any atom is 0.127 e. The van der Waals surface area contributed by atoms with E-state index in [2.05, 4.69) is 13.2 Å². The molecule has 0 rings (SSSR count). The van der Waals surface area contributed by atoms with Crippen molar-refractivity contribution in [1.29, 1.82) is 0 Å². The Kier molecular flexibility index (Phi) is 4.00. The maximum absolute atomic E-state index is 9.62. The molecule has 0 saturated carbocycles. The molecule has 0 heterocycles. The standard InChI is InChI=1S/C8H16NO/c1-4-7-9(10,6-3)8-5-2/h4-5,10H,1-2,6-8H2,3H3/q+1. The Morgan fingerprint density at radius 1 is 1.30 bits per heavy atom. The molecule has 0 fully saturated rings. The molecule has 0 amide bonds. The lowest BCUT2D eigenvalue weighted by atomic mass is 10.4. The normalized spacial score (nSPS) is 11.0. The fraction of sp³-hybridized carbons (Fsp3) is 0.500. The van der Waals surface area contributed by atoms with E-state index in [4.69, 9.17) is 0 Å². The highest BCUT2D eigenvalue weighted by Gasteiger charge is 2.17. The van der Waals surface area contributed by atoms with E-state index >= 15 is 0 Å². The van der Waals surface area contributed by atoms with Gasteiger partial charge in [0.2, 0.25) is 0 Å². The summed E-state index contributed by atoms with van der Waals surface area (Å²) in [5, 5.41) is 9.62. The number of rotatable bonds is 5. The molecule has 0 atom stereocenters. The van der Waals surface area contributed by atoms with Crippen molar-refractivity contribution in [3.05, 3.63) is 25.3 Å². The second-order valence-electron chi connectivity index (χ2n) is 2.35. The molecule has 0 aromatic heterocycles. The highest BCUT2D eigenvalue weighted by molar-refractivity contribution is 4.69. The van der Waals surface area contributed by atoms with Crippen molar-refractivity contribution in [2.75, 3.05) is 19.6 Å². The van der Waals surface area contributed by atoms with Gasteiger partial charge in [0.05, 0.1) is 0 Å². The molecule has 0 aromatic carbocycles. The third-order valence-electron chi connectivity index (χ3n) is 1.53. The molecule has 0 aliphatic carbocycles. The van der Waals surface area contributed by atoms with Crippen molar-refractivity contribution in [3.8, 4) is 0 Å². The SMILES string of the molecule is C=CC[N+](O)(CC)CC=C. The number of hydrogen-bond donors (Lipinski definition) is 1. The molecule has 58 valence electrons. The minimum atomic E-state index is 0.0208. The van der Waals surface area contributed by atoms with Gasteiger partial charge in [0.1, 0.15) is 19.6 Å². The summed E-state index contributed by atoms with van der Waals surface area (Å²) in [5.41, 5.74) is 0. The van der Waals surface area contributed by atoms with E-state index in [-0.39, 0.29) is 4.65 Å². The van der Waals surface area contributed by atoms with Crippen molar-refractivity contribution >= 4 is 0 Å². The van der Waals surface area contributed by atoms with Gasteiger partial charge < -0.3 is 0 Å². The van der Waals surface area contributed by atoms with Gasteiger partial charge in [0.25, 0.3) is 0 Å². The fourth-order valence-electron chi connectivity index (χ4n) is 0.813. The van der Waals surface area contributed by atoms with Crippen molar-refractivity contribution in [3.63, 3.8) is 0 Å². The second-order valence-corrected chi connectivity index (χ2v) is 2.35. The number of hydroxylamine groups is 3. The van der Waals surface area contributed by atoms with Gasteiger partial charge in [-0.25, -0.2) is 5.21 Å². The number of nitrogens with zero attached hydrogens (tertiary/aromatic N) is 1. The molecule has 0 spiro atoms. The summed E-state index contributed by atoms with van der Waals surface area (Å²) < 4.78 is 0.0208. The molecular weight excluding hydrogens is 126 g/mol. The summed E-state index contributed by atoms with van der Waals surface area (Å²) in [6, 6.07) is 0. The quantitative estimate of drug-likeness (QED) is 0.351. The van der Waals surface area contributed by atoms with E-state index in [9.17, 15) is 5.21 Å². The minimum absolute atomic E-state index is 0.0208. The lowest BCUT2D eigenvalue weighted by molar-refractivity contribution is -1.09. The molecule has 10 heavy (non-hydrogen) atoms. The van der Waals surface area contributed by atoms with Crippen LogP contribution in [0.15, 0.2) is 25.3 Å². The van der Waals surface area contributed by atoms with Crippen molar-refractivity contribution < 1.29 is 9.85 Å². The molecule has 0 saturated heterocycles. The van der Waals surface area contributed by atoms with E-state index in [0.29, 0.717) is 19.6 Å². The average molecular weight is 142 g/mol. The van der Waals surface area contributed by atoms with Gasteiger partial charge in [0, 0.05) is 0 Å². The maximum atomic E-state index is 9.62. The molecule has 2 heteroatoms. The number of hydrogen-bond acceptors (Lipinski definition) is 1. The summed E-state index contributed by atoms with van der Waals surface area (Å²) >= 11 is 0. The lowest BCUT2D eigenvalue weighted by Crippen LogP contribution is -2.44. The first-order valence-electron chi connectivity index (χ1n) is 3.49. The first-order valence-corrected chi connectivity index (χ1v) is 3.49. The fourth-order valence-corrected chi connectivity index (χ4v) is 0.813. The molecule has 0 bridgehead atoms. The topological polar surface area (TPSA) is 20.2 Å². The van der Waals surface area contributed by atoms with Crippen LogP contribution in [0.25, 0.3) is 0 Å². The van der Waals surface area contributed by atoms with Crippen LogP contribution in [0.5, 0.6) is 0 Å². The Morgan fingerprint density at radius 3 is 1.90 bits per heavy atom. The zero-order chi connectivity index (χ0) is 8.04. The van der Waals surface area contributed by atoms with E-state index in [1.807, 2.05) is 6.92 Å². The minimum Gasteiger partial charge on any atom is -0.217 e. The summed E-state index contributed by atoms with van der Waals surface area (Å²) in [7, 11) is 0. The Hall–Kier alpha value is -0.600. The van der Waals surface area contributed by atoms with Gasteiger partial charge in [-0.05, 0) is 19.1 Å². The highest BCUT2D eigenvalue weighted by Crippen LogP contribution is 2.00. The Labute approximate surface area is 62.6 Å². The van der Waals surface area contributed by atoms with Crippen molar-refractivity contribution in [2.45, 2.75) is 6.92 Å². The zero-order valence-corrected chi connectivity index (χ0v) is 6.58. The summed E-state index contributed by atoms with van der Waals surface area (Å²) in [6.07, 6.45) is 3.43. The molecule has 1 N–H and O–H groups in total. The molecule has 0 aliphatic rings. The highest BCUT2D eigenvalue weighted by atomic mass is 16.5. The van der Waals surface area contributed by atoms with Gasteiger partial charge in [0.15, 0.2) is 0 Å². The third-order valence-corrected chi connectivity index (χ3v) is 1.53. The van der Waals surface area contributed by atoms with Gasteiger partial charge in [-0.15, -0.1) is 0 Å². The second kappa shape index (κ2) is 4.25. The third kappa shape index (κ3) is 2.80. The largest absolute Gasteiger partial charge is 0.217 e. The molecular formula is C8H16NO+. The van der Waals surface area contributed by atoms with Crippen LogP contribution >= 0.6 is 0 Å². The lowest BCUT2D eigenvalue weighted by Gasteiger charge is -2.25. The average Bonchev–Trinajstić information content (AvgIpc) is 1.89. The van der Waals surface area contributed by atoms with Gasteiger partial charge in [-0.1, -0.05) is 13.2 Å². The van der Waals surface area contributed by atoms with Crippen LogP contribution in [0, 0.1) is 0 Å². The van der Waals surface area contributed by atoms with Crippen LogP contribution in [-0.2, 0) is 0 Å². The van der Waals surface area contributed by atoms with Crippen LogP contribution in [0.4, 0.5) is 0 Å². The molecule has 0 aromatic rings. The van der Waals surface area contributed by atoms with Gasteiger partial charge in [-0.3, -0.25) is 0 Å². The number of likely N-dealkylation sites (N-methyl/N-ethyl adjacent to an activating group) is 1. The van der Waals surface area contributed by atoms with Crippen LogP contribution in [-0.4, -0.2) is 29.5 Å². The van der Waals surface area contributed by atoms with Crippen molar-refractivity contribution in [2.24, 2.45) is 0 Å². The zero-order valence-electron chi connectivity index (χ0n) is 6.58.